The molecule has 98 valence electrons. The Hall–Kier alpha value is -0.830. The molecule has 2 nitrogen and oxygen atoms in total. The molecule has 0 amide bonds. The summed E-state index contributed by atoms with van der Waals surface area (Å²) in [5.74, 6) is 1.39. The summed E-state index contributed by atoms with van der Waals surface area (Å²) >= 11 is 3.53. The number of halogens is 1. The molecule has 1 aromatic carbocycles. The van der Waals surface area contributed by atoms with Crippen molar-refractivity contribution < 1.29 is 9.53 Å². The highest BCUT2D eigenvalue weighted by molar-refractivity contribution is 9.10. The first-order valence-corrected chi connectivity index (χ1v) is 7.10. The second kappa shape index (κ2) is 4.69. The van der Waals surface area contributed by atoms with Crippen molar-refractivity contribution in [3.05, 3.63) is 28.8 Å². The van der Waals surface area contributed by atoms with Gasteiger partial charge in [0.1, 0.15) is 5.75 Å². The number of ketones is 1. The van der Waals surface area contributed by atoms with E-state index in [-0.39, 0.29) is 5.78 Å². The number of fused-ring (bicyclic) bond motifs is 1. The van der Waals surface area contributed by atoms with Gasteiger partial charge >= 0.3 is 0 Å². The van der Waals surface area contributed by atoms with Crippen LogP contribution in [0.5, 0.6) is 5.75 Å². The van der Waals surface area contributed by atoms with Crippen LogP contribution in [-0.2, 0) is 6.42 Å². The lowest BCUT2D eigenvalue weighted by Gasteiger charge is -2.29. The minimum absolute atomic E-state index is 0.164. The molecule has 0 bridgehead atoms. The third-order valence-electron chi connectivity index (χ3n) is 3.66. The number of Topliss-reactive ketones (excluding diaryl/α,β-unsaturated/α-hetero) is 1. The molecular weight excluding hydrogens is 292 g/mol. The van der Waals surface area contributed by atoms with E-state index in [2.05, 4.69) is 35.8 Å². The fourth-order valence-corrected chi connectivity index (χ4v) is 2.87. The first-order valence-electron chi connectivity index (χ1n) is 6.31. The molecule has 1 unspecified atom stereocenters. The second-order valence-corrected chi connectivity index (χ2v) is 7.18. The van der Waals surface area contributed by atoms with Crippen molar-refractivity contribution in [2.24, 2.45) is 0 Å². The average Bonchev–Trinajstić information content (AvgIpc) is 2.33. The summed E-state index contributed by atoms with van der Waals surface area (Å²) < 4.78 is 5.00. The second-order valence-electron chi connectivity index (χ2n) is 5.43. The minimum Gasteiger partial charge on any atom is -0.496 e. The molecular formula is C15H19BrO2. The van der Waals surface area contributed by atoms with E-state index in [1.807, 2.05) is 13.0 Å². The first kappa shape index (κ1) is 13.6. The lowest BCUT2D eigenvalue weighted by molar-refractivity contribution is 0.0940. The van der Waals surface area contributed by atoms with Gasteiger partial charge in [-0.3, -0.25) is 4.79 Å². The largest absolute Gasteiger partial charge is 0.496 e. The maximum Gasteiger partial charge on any atom is 0.179 e. The molecule has 18 heavy (non-hydrogen) atoms. The highest BCUT2D eigenvalue weighted by Gasteiger charge is 2.36. The van der Waals surface area contributed by atoms with Crippen LogP contribution in [0.4, 0.5) is 0 Å². The molecule has 0 N–H and O–H groups in total. The molecule has 1 aromatic rings. The lowest BCUT2D eigenvalue weighted by atomic mass is 9.81. The van der Waals surface area contributed by atoms with Crippen molar-refractivity contribution in [2.45, 2.75) is 43.9 Å². The molecule has 1 aliphatic carbocycles. The van der Waals surface area contributed by atoms with Gasteiger partial charge in [-0.1, -0.05) is 35.8 Å². The number of methoxy groups -OCH3 is 1. The zero-order valence-electron chi connectivity index (χ0n) is 11.3. The molecule has 1 aliphatic rings. The van der Waals surface area contributed by atoms with Crippen molar-refractivity contribution in [1.82, 2.24) is 0 Å². The third kappa shape index (κ3) is 2.20. The van der Waals surface area contributed by atoms with E-state index in [0.717, 1.165) is 29.7 Å². The molecule has 0 aromatic heterocycles. The monoisotopic (exact) mass is 310 g/mol. The predicted octanol–water partition coefficient (Wildman–Crippen LogP) is 4.10. The topological polar surface area (TPSA) is 26.3 Å². The van der Waals surface area contributed by atoms with Crippen LogP contribution in [0, 0.1) is 0 Å². The molecule has 0 aliphatic heterocycles. The Morgan fingerprint density at radius 2 is 2.06 bits per heavy atom. The highest BCUT2D eigenvalue weighted by atomic mass is 79.9. The van der Waals surface area contributed by atoms with Crippen LogP contribution < -0.4 is 4.74 Å². The molecule has 0 radical (unpaired) electrons. The third-order valence-corrected chi connectivity index (χ3v) is 4.42. The van der Waals surface area contributed by atoms with Gasteiger partial charge in [0.2, 0.25) is 0 Å². The summed E-state index contributed by atoms with van der Waals surface area (Å²) in [6, 6.07) is 4.05. The predicted molar refractivity (Wildman–Crippen MR) is 77.1 cm³/mol. The van der Waals surface area contributed by atoms with Crippen LogP contribution in [0.3, 0.4) is 0 Å². The van der Waals surface area contributed by atoms with Gasteiger partial charge in [0.25, 0.3) is 0 Å². The fraction of sp³-hybridized carbons (Fsp3) is 0.533. The summed E-state index contributed by atoms with van der Waals surface area (Å²) in [6.45, 7) is 6.23. The number of benzene rings is 1. The van der Waals surface area contributed by atoms with Gasteiger partial charge in [-0.25, -0.2) is 0 Å². The van der Waals surface area contributed by atoms with Gasteiger partial charge in [-0.05, 0) is 42.9 Å². The van der Waals surface area contributed by atoms with Crippen molar-refractivity contribution in [3.8, 4) is 5.75 Å². The highest BCUT2D eigenvalue weighted by Crippen LogP contribution is 2.39. The minimum atomic E-state index is -0.426. The van der Waals surface area contributed by atoms with E-state index in [4.69, 9.17) is 4.74 Å². The number of hydrogen-bond acceptors (Lipinski definition) is 2. The normalized spacial score (nSPS) is 23.1. The summed E-state index contributed by atoms with van der Waals surface area (Å²) in [5, 5.41) is 0. The molecule has 2 rings (SSSR count). The number of ether oxygens (including phenoxy) is 1. The number of alkyl halides is 1. The van der Waals surface area contributed by atoms with E-state index in [1.165, 1.54) is 5.56 Å². The van der Waals surface area contributed by atoms with E-state index in [9.17, 15) is 4.79 Å². The van der Waals surface area contributed by atoms with Crippen molar-refractivity contribution >= 4 is 21.7 Å². The van der Waals surface area contributed by atoms with Crippen molar-refractivity contribution in [2.75, 3.05) is 7.11 Å². The standard InChI is InChI=1S/C15H19BrO2/c1-9(2)11-7-10-5-6-15(3,16)14(17)12(10)8-13(11)18-4/h7-9H,5-6H2,1-4H3. The maximum atomic E-state index is 12.4. The SMILES string of the molecule is COc1cc2c(cc1C(C)C)CCC(C)(Br)C2=O. The van der Waals surface area contributed by atoms with Crippen LogP contribution >= 0.6 is 15.9 Å². The molecule has 0 saturated heterocycles. The van der Waals surface area contributed by atoms with Crippen LogP contribution in [0.1, 0.15) is 54.6 Å². The van der Waals surface area contributed by atoms with Gasteiger partial charge in [-0.15, -0.1) is 0 Å². The zero-order valence-corrected chi connectivity index (χ0v) is 12.9. The molecule has 0 fully saturated rings. The summed E-state index contributed by atoms with van der Waals surface area (Å²) in [6.07, 6.45) is 1.79. The number of hydrogen-bond donors (Lipinski definition) is 0. The average molecular weight is 311 g/mol. The molecule has 3 heteroatoms. The molecule has 1 atom stereocenters. The number of carbonyl (C=O) groups is 1. The van der Waals surface area contributed by atoms with E-state index in [0.29, 0.717) is 5.92 Å². The molecule has 0 saturated carbocycles. The van der Waals surface area contributed by atoms with E-state index < -0.39 is 4.32 Å². The van der Waals surface area contributed by atoms with Gasteiger partial charge in [0, 0.05) is 5.56 Å². The lowest BCUT2D eigenvalue weighted by Crippen LogP contribution is -2.34. The Balaban J connectivity index is 2.57. The fourth-order valence-electron chi connectivity index (χ4n) is 2.45. The maximum absolute atomic E-state index is 12.4. The Labute approximate surface area is 117 Å². The quantitative estimate of drug-likeness (QED) is 0.769. The van der Waals surface area contributed by atoms with Crippen LogP contribution in [0.2, 0.25) is 0 Å². The van der Waals surface area contributed by atoms with Crippen LogP contribution in [-0.4, -0.2) is 17.2 Å². The van der Waals surface area contributed by atoms with Gasteiger partial charge in [0.05, 0.1) is 11.4 Å². The Bertz CT molecular complexity index is 490. The number of carbonyl (C=O) groups excluding carboxylic acids is 1. The van der Waals surface area contributed by atoms with Gasteiger partial charge in [0.15, 0.2) is 5.78 Å². The summed E-state index contributed by atoms with van der Waals surface area (Å²) in [5.41, 5.74) is 3.14. The number of aryl methyl sites for hydroxylation is 1. The van der Waals surface area contributed by atoms with Crippen molar-refractivity contribution in [3.63, 3.8) is 0 Å². The van der Waals surface area contributed by atoms with Crippen LogP contribution in [0.15, 0.2) is 12.1 Å². The number of rotatable bonds is 2. The first-order chi connectivity index (χ1) is 8.36. The van der Waals surface area contributed by atoms with Crippen LogP contribution in [0.25, 0.3) is 0 Å². The smallest absolute Gasteiger partial charge is 0.179 e. The Kier molecular flexibility index (Phi) is 3.54. The van der Waals surface area contributed by atoms with E-state index in [1.54, 1.807) is 7.11 Å². The zero-order chi connectivity index (χ0) is 13.5. The van der Waals surface area contributed by atoms with Gasteiger partial charge in [-0.2, -0.15) is 0 Å². The van der Waals surface area contributed by atoms with E-state index >= 15 is 0 Å². The summed E-state index contributed by atoms with van der Waals surface area (Å²) in [7, 11) is 1.66. The van der Waals surface area contributed by atoms with Crippen molar-refractivity contribution in [1.29, 1.82) is 0 Å². The summed E-state index contributed by atoms with van der Waals surface area (Å²) in [4.78, 5) is 12.4. The molecule has 0 heterocycles. The Morgan fingerprint density at radius 3 is 2.61 bits per heavy atom. The molecule has 0 spiro atoms. The Morgan fingerprint density at radius 1 is 1.39 bits per heavy atom. The van der Waals surface area contributed by atoms with Gasteiger partial charge < -0.3 is 4.74 Å².